The number of aromatic nitrogens is 1. The molecule has 0 saturated carbocycles. The minimum atomic E-state index is -1.39. The SMILES string of the molecule is O=C(O)CCCc1c[nH]c2ccccc12.[O]=[Sn][c]1ccccc1. The van der Waals surface area contributed by atoms with E-state index < -0.39 is 27.1 Å². The molecular weight excluding hydrogens is 397 g/mol. The number of H-pyrrole nitrogens is 1. The van der Waals surface area contributed by atoms with Gasteiger partial charge in [0.1, 0.15) is 0 Å². The van der Waals surface area contributed by atoms with Crippen LogP contribution >= 0.6 is 0 Å². The minimum absolute atomic E-state index is 0.236. The molecule has 1 radical (unpaired) electrons. The average molecular weight is 415 g/mol. The molecule has 0 spiro atoms. The van der Waals surface area contributed by atoms with Gasteiger partial charge in [-0.15, -0.1) is 0 Å². The van der Waals surface area contributed by atoms with Gasteiger partial charge in [-0.1, -0.05) is 18.2 Å². The normalized spacial score (nSPS) is 9.91. The molecule has 0 bridgehead atoms. The van der Waals surface area contributed by atoms with Gasteiger partial charge in [-0.2, -0.15) is 0 Å². The Labute approximate surface area is 145 Å². The van der Waals surface area contributed by atoms with Crippen molar-refractivity contribution in [3.8, 4) is 0 Å². The Balaban J connectivity index is 0.000000203. The Kier molecular flexibility index (Phi) is 7.00. The van der Waals surface area contributed by atoms with Crippen molar-refractivity contribution in [1.82, 2.24) is 4.98 Å². The first-order chi connectivity index (χ1) is 11.2. The van der Waals surface area contributed by atoms with Crippen LogP contribution in [0.25, 0.3) is 10.9 Å². The van der Waals surface area contributed by atoms with Gasteiger partial charge in [-0.25, -0.2) is 0 Å². The molecule has 3 aromatic rings. The van der Waals surface area contributed by atoms with Crippen molar-refractivity contribution in [2.24, 2.45) is 0 Å². The Bertz CT molecular complexity index is 768. The molecule has 0 unspecified atom stereocenters. The van der Waals surface area contributed by atoms with Crippen LogP contribution in [0.1, 0.15) is 18.4 Å². The molecular formula is C18H18NO3Sn. The third-order valence-electron chi connectivity index (χ3n) is 3.40. The predicted molar refractivity (Wildman–Crippen MR) is 91.4 cm³/mol. The Hall–Kier alpha value is -1.95. The number of hydrogen-bond acceptors (Lipinski definition) is 2. The van der Waals surface area contributed by atoms with Crippen LogP contribution in [0.15, 0.2) is 60.8 Å². The van der Waals surface area contributed by atoms with Crippen LogP contribution in [-0.2, 0) is 14.3 Å². The molecule has 23 heavy (non-hydrogen) atoms. The van der Waals surface area contributed by atoms with Crippen LogP contribution < -0.4 is 3.58 Å². The molecule has 2 aromatic carbocycles. The zero-order valence-corrected chi connectivity index (χ0v) is 15.5. The molecule has 0 aliphatic carbocycles. The van der Waals surface area contributed by atoms with Gasteiger partial charge in [0.05, 0.1) is 0 Å². The van der Waals surface area contributed by atoms with Gasteiger partial charge < -0.3 is 10.1 Å². The molecule has 0 atom stereocenters. The number of carboxylic acids is 1. The van der Waals surface area contributed by atoms with Crippen LogP contribution in [0.4, 0.5) is 0 Å². The number of aromatic amines is 1. The summed E-state index contributed by atoms with van der Waals surface area (Å²) in [6, 6.07) is 17.6. The molecule has 3 rings (SSSR count). The number of aryl methyl sites for hydroxylation is 1. The number of carboxylic acid groups (broad SMARTS) is 1. The first kappa shape index (κ1) is 17.4. The van der Waals surface area contributed by atoms with Crippen molar-refractivity contribution in [1.29, 1.82) is 0 Å². The molecule has 0 fully saturated rings. The van der Waals surface area contributed by atoms with E-state index in [2.05, 4.69) is 11.1 Å². The second kappa shape index (κ2) is 9.25. The summed E-state index contributed by atoms with van der Waals surface area (Å²) in [5.41, 5.74) is 2.31. The molecule has 5 heteroatoms. The van der Waals surface area contributed by atoms with Crippen LogP contribution in [0.2, 0.25) is 0 Å². The van der Waals surface area contributed by atoms with E-state index in [-0.39, 0.29) is 6.42 Å². The molecule has 0 amide bonds. The van der Waals surface area contributed by atoms with E-state index in [9.17, 15) is 7.87 Å². The van der Waals surface area contributed by atoms with E-state index in [1.807, 2.05) is 54.7 Å². The number of fused-ring (bicyclic) bond motifs is 1. The third-order valence-corrected chi connectivity index (χ3v) is 5.03. The fourth-order valence-corrected chi connectivity index (χ4v) is 3.21. The monoisotopic (exact) mass is 416 g/mol. The molecule has 4 nitrogen and oxygen atoms in total. The van der Waals surface area contributed by atoms with Crippen molar-refractivity contribution in [2.75, 3.05) is 0 Å². The maximum absolute atomic E-state index is 10.4. The summed E-state index contributed by atoms with van der Waals surface area (Å²) in [6.45, 7) is 0. The summed E-state index contributed by atoms with van der Waals surface area (Å²) in [5, 5.41) is 9.74. The topological polar surface area (TPSA) is 70.2 Å². The van der Waals surface area contributed by atoms with E-state index in [0.29, 0.717) is 6.42 Å². The molecule has 2 N–H and O–H groups in total. The van der Waals surface area contributed by atoms with E-state index in [0.717, 1.165) is 15.5 Å². The van der Waals surface area contributed by atoms with Gasteiger partial charge in [0, 0.05) is 23.5 Å². The van der Waals surface area contributed by atoms with Crippen LogP contribution in [0, 0.1) is 0 Å². The molecule has 0 aliphatic rings. The van der Waals surface area contributed by atoms with Crippen LogP contribution in [-0.4, -0.2) is 37.2 Å². The van der Waals surface area contributed by atoms with Crippen molar-refractivity contribution in [3.05, 3.63) is 66.4 Å². The summed E-state index contributed by atoms with van der Waals surface area (Å²) in [6.07, 6.45) is 3.71. The molecule has 1 aromatic heterocycles. The fraction of sp³-hybridized carbons (Fsp3) is 0.167. The van der Waals surface area contributed by atoms with Crippen molar-refractivity contribution >= 4 is 41.6 Å². The van der Waals surface area contributed by atoms with Crippen LogP contribution in [0.5, 0.6) is 0 Å². The van der Waals surface area contributed by atoms with Crippen molar-refractivity contribution in [2.45, 2.75) is 19.3 Å². The number of hydrogen-bond donors (Lipinski definition) is 2. The molecule has 0 aliphatic heterocycles. The Morgan fingerprint density at radius 3 is 2.39 bits per heavy atom. The first-order valence-electron chi connectivity index (χ1n) is 7.40. The fourth-order valence-electron chi connectivity index (χ4n) is 2.27. The zero-order valence-electron chi connectivity index (χ0n) is 12.7. The van der Waals surface area contributed by atoms with Gasteiger partial charge in [0.25, 0.3) is 0 Å². The zero-order chi connectivity index (χ0) is 16.5. The quantitative estimate of drug-likeness (QED) is 0.630. The van der Waals surface area contributed by atoms with Gasteiger partial charge in [-0.3, -0.25) is 4.79 Å². The number of aliphatic carboxylic acids is 1. The standard InChI is InChI=1S/C12H13NO2.C6H5.O.Sn/c14-12(15)7-3-4-9-8-13-11-6-2-1-5-10(9)11;1-2-4-6-5-3-1;;/h1-2,5-6,8,13H,3-4,7H2,(H,14,15);1-5H;;. The van der Waals surface area contributed by atoms with Gasteiger partial charge >= 0.3 is 64.1 Å². The number of nitrogens with one attached hydrogen (secondary N) is 1. The summed E-state index contributed by atoms with van der Waals surface area (Å²) >= 11 is -1.39. The number of benzene rings is 2. The van der Waals surface area contributed by atoms with Gasteiger partial charge in [0.15, 0.2) is 0 Å². The van der Waals surface area contributed by atoms with Crippen molar-refractivity contribution in [3.63, 3.8) is 0 Å². The first-order valence-corrected chi connectivity index (χ1v) is 10.00. The Morgan fingerprint density at radius 1 is 1.04 bits per heavy atom. The number of para-hydroxylation sites is 1. The predicted octanol–water partition coefficient (Wildman–Crippen LogP) is 2.94. The molecule has 0 saturated heterocycles. The van der Waals surface area contributed by atoms with E-state index in [1.165, 1.54) is 10.9 Å². The molecule has 1 heterocycles. The van der Waals surface area contributed by atoms with E-state index >= 15 is 0 Å². The number of rotatable bonds is 5. The number of carbonyl (C=O) groups is 1. The summed E-state index contributed by atoms with van der Waals surface area (Å²) < 4.78 is 11.3. The van der Waals surface area contributed by atoms with Gasteiger partial charge in [0.2, 0.25) is 0 Å². The van der Waals surface area contributed by atoms with Gasteiger partial charge in [-0.05, 0) is 24.5 Å². The third kappa shape index (κ3) is 5.63. The second-order valence-electron chi connectivity index (χ2n) is 5.07. The average Bonchev–Trinajstić information content (AvgIpc) is 2.99. The summed E-state index contributed by atoms with van der Waals surface area (Å²) in [7, 11) is 0. The molecule has 117 valence electrons. The Morgan fingerprint density at radius 2 is 1.74 bits per heavy atom. The second-order valence-corrected chi connectivity index (χ2v) is 7.31. The van der Waals surface area contributed by atoms with Crippen LogP contribution in [0.3, 0.4) is 0 Å². The summed E-state index contributed by atoms with van der Waals surface area (Å²) in [4.78, 5) is 13.6. The summed E-state index contributed by atoms with van der Waals surface area (Å²) in [5.74, 6) is -0.727. The van der Waals surface area contributed by atoms with E-state index in [4.69, 9.17) is 5.11 Å². The van der Waals surface area contributed by atoms with Crippen molar-refractivity contribution < 1.29 is 13.0 Å². The maximum atomic E-state index is 10.4. The van der Waals surface area contributed by atoms with E-state index in [1.54, 1.807) is 0 Å².